The van der Waals surface area contributed by atoms with Crippen molar-refractivity contribution < 1.29 is 13.2 Å². The van der Waals surface area contributed by atoms with Crippen molar-refractivity contribution in [2.75, 3.05) is 6.26 Å². The van der Waals surface area contributed by atoms with Gasteiger partial charge >= 0.3 is 0 Å². The number of aryl methyl sites for hydroxylation is 1. The van der Waals surface area contributed by atoms with E-state index in [4.69, 9.17) is 11.6 Å². The van der Waals surface area contributed by atoms with Crippen LogP contribution in [-0.4, -0.2) is 40.1 Å². The first-order valence-electron chi connectivity index (χ1n) is 12.1. The number of rotatable bonds is 7. The summed E-state index contributed by atoms with van der Waals surface area (Å²) in [4.78, 5) is 39.7. The van der Waals surface area contributed by atoms with E-state index < -0.39 is 21.8 Å². The first kappa shape index (κ1) is 26.0. The SMILES string of the molecule is Cc1ncc(-c2cncc(CS(C)(=O)=O)c2)nc1C(=O)N[C@@H](C)c1cc2cccc(Cl)c2c(=O)n1C1CC1. The lowest BCUT2D eigenvalue weighted by molar-refractivity contribution is 0.0932. The fourth-order valence-corrected chi connectivity index (χ4v) is 5.57. The Bertz CT molecular complexity index is 1750. The normalized spacial score (nSPS) is 14.4. The molecule has 0 spiro atoms. The molecule has 0 bridgehead atoms. The minimum absolute atomic E-state index is 0.0779. The summed E-state index contributed by atoms with van der Waals surface area (Å²) in [5.41, 5.74) is 2.56. The standard InChI is InChI=1S/C27H26ClN5O4S/c1-15(23-10-18-5-4-6-21(28)24(18)27(35)33(23)20-7-8-20)31-26(34)25-16(2)30-13-22(32-25)19-9-17(11-29-12-19)14-38(3,36)37/h4-6,9-13,15,20H,7-8,14H2,1-3H3,(H,31,34)/t15-/m0/s1. The Labute approximate surface area is 224 Å². The number of benzene rings is 1. The topological polar surface area (TPSA) is 124 Å². The van der Waals surface area contributed by atoms with Crippen molar-refractivity contribution in [3.05, 3.63) is 86.9 Å². The summed E-state index contributed by atoms with van der Waals surface area (Å²) in [5, 5.41) is 4.57. The predicted octanol–water partition coefficient (Wildman–Crippen LogP) is 4.19. The third-order valence-electron chi connectivity index (χ3n) is 6.45. The fourth-order valence-electron chi connectivity index (χ4n) is 4.55. The van der Waals surface area contributed by atoms with Gasteiger partial charge in [0.1, 0.15) is 5.69 Å². The summed E-state index contributed by atoms with van der Waals surface area (Å²) in [6, 6.07) is 8.49. The number of aromatic nitrogens is 4. The second-order valence-electron chi connectivity index (χ2n) is 9.72. The fraction of sp³-hybridized carbons (Fsp3) is 0.296. The molecule has 1 N–H and O–H groups in total. The number of sulfone groups is 1. The maximum atomic E-state index is 13.4. The second-order valence-corrected chi connectivity index (χ2v) is 12.3. The number of nitrogens with zero attached hydrogens (tertiary/aromatic N) is 4. The van der Waals surface area contributed by atoms with Crippen molar-refractivity contribution in [3.8, 4) is 11.3 Å². The van der Waals surface area contributed by atoms with E-state index in [0.717, 1.165) is 24.5 Å². The highest BCUT2D eigenvalue weighted by Gasteiger charge is 2.30. The summed E-state index contributed by atoms with van der Waals surface area (Å²) >= 11 is 6.35. The van der Waals surface area contributed by atoms with E-state index in [0.29, 0.717) is 38.6 Å². The first-order chi connectivity index (χ1) is 18.0. The first-order valence-corrected chi connectivity index (χ1v) is 14.6. The number of hydrogen-bond acceptors (Lipinski definition) is 7. The van der Waals surface area contributed by atoms with Crippen molar-refractivity contribution in [2.45, 2.75) is 44.5 Å². The van der Waals surface area contributed by atoms with E-state index >= 15 is 0 Å². The maximum Gasteiger partial charge on any atom is 0.272 e. The highest BCUT2D eigenvalue weighted by atomic mass is 35.5. The minimum atomic E-state index is -3.24. The lowest BCUT2D eigenvalue weighted by Crippen LogP contribution is -2.33. The van der Waals surface area contributed by atoms with Crippen molar-refractivity contribution in [1.82, 2.24) is 24.8 Å². The van der Waals surface area contributed by atoms with Crippen LogP contribution >= 0.6 is 11.6 Å². The van der Waals surface area contributed by atoms with Crippen molar-refractivity contribution in [1.29, 1.82) is 0 Å². The number of carbonyl (C=O) groups excluding carboxylic acids is 1. The maximum absolute atomic E-state index is 13.4. The Hall–Kier alpha value is -3.63. The van der Waals surface area contributed by atoms with Gasteiger partial charge in [0.25, 0.3) is 11.5 Å². The Morgan fingerprint density at radius 3 is 2.68 bits per heavy atom. The molecular formula is C27H26ClN5O4S. The largest absolute Gasteiger partial charge is 0.343 e. The molecule has 3 heterocycles. The van der Waals surface area contributed by atoms with Crippen molar-refractivity contribution in [3.63, 3.8) is 0 Å². The Balaban J connectivity index is 1.47. The van der Waals surface area contributed by atoms with E-state index in [1.807, 2.05) is 19.1 Å². The average molecular weight is 552 g/mol. The zero-order valence-electron chi connectivity index (χ0n) is 21.1. The van der Waals surface area contributed by atoms with Crippen LogP contribution in [0.25, 0.3) is 22.0 Å². The summed E-state index contributed by atoms with van der Waals surface area (Å²) in [7, 11) is -3.24. The molecular weight excluding hydrogens is 526 g/mol. The van der Waals surface area contributed by atoms with Crippen LogP contribution in [0.5, 0.6) is 0 Å². The highest BCUT2D eigenvalue weighted by Crippen LogP contribution is 2.37. The van der Waals surface area contributed by atoms with Crippen LogP contribution in [0, 0.1) is 6.92 Å². The number of carbonyl (C=O) groups is 1. The summed E-state index contributed by atoms with van der Waals surface area (Å²) < 4.78 is 25.1. The molecule has 196 valence electrons. The molecule has 0 unspecified atom stereocenters. The van der Waals surface area contributed by atoms with Gasteiger partial charge in [-0.15, -0.1) is 0 Å². The number of amides is 1. The second kappa shape index (κ2) is 9.92. The Morgan fingerprint density at radius 1 is 1.21 bits per heavy atom. The van der Waals surface area contributed by atoms with E-state index in [-0.39, 0.29) is 23.0 Å². The van der Waals surface area contributed by atoms with Gasteiger partial charge < -0.3 is 9.88 Å². The molecule has 11 heteroatoms. The van der Waals surface area contributed by atoms with Gasteiger partial charge in [0, 0.05) is 35.9 Å². The van der Waals surface area contributed by atoms with Crippen LogP contribution in [0.3, 0.4) is 0 Å². The Morgan fingerprint density at radius 2 is 1.97 bits per heavy atom. The Kier molecular flexibility index (Phi) is 6.79. The van der Waals surface area contributed by atoms with Gasteiger partial charge in [-0.3, -0.25) is 19.6 Å². The third kappa shape index (κ3) is 5.32. The minimum Gasteiger partial charge on any atom is -0.343 e. The summed E-state index contributed by atoms with van der Waals surface area (Å²) in [6.07, 6.45) is 7.49. The molecule has 38 heavy (non-hydrogen) atoms. The lowest BCUT2D eigenvalue weighted by Gasteiger charge is -2.21. The lowest BCUT2D eigenvalue weighted by atomic mass is 10.1. The van der Waals surface area contributed by atoms with Crippen LogP contribution in [0.4, 0.5) is 0 Å². The van der Waals surface area contributed by atoms with Gasteiger partial charge in [0.05, 0.1) is 39.8 Å². The molecule has 1 aliphatic carbocycles. The highest BCUT2D eigenvalue weighted by molar-refractivity contribution is 7.89. The van der Waals surface area contributed by atoms with Crippen LogP contribution in [0.2, 0.25) is 5.02 Å². The molecule has 0 aliphatic heterocycles. The van der Waals surface area contributed by atoms with Gasteiger partial charge in [0.15, 0.2) is 9.84 Å². The van der Waals surface area contributed by atoms with Gasteiger partial charge in [0.2, 0.25) is 0 Å². The van der Waals surface area contributed by atoms with E-state index in [2.05, 4.69) is 20.3 Å². The molecule has 3 aromatic heterocycles. The number of nitrogens with one attached hydrogen (secondary N) is 1. The molecule has 5 rings (SSSR count). The molecule has 1 fully saturated rings. The molecule has 1 atom stereocenters. The molecule has 1 amide bonds. The van der Waals surface area contributed by atoms with Gasteiger partial charge in [-0.1, -0.05) is 23.7 Å². The molecule has 1 aliphatic rings. The quantitative estimate of drug-likeness (QED) is 0.365. The van der Waals surface area contributed by atoms with Crippen LogP contribution in [0.1, 0.15) is 59.3 Å². The molecule has 1 aromatic carbocycles. The number of fused-ring (bicyclic) bond motifs is 1. The van der Waals surface area contributed by atoms with Gasteiger partial charge in [-0.2, -0.15) is 0 Å². The van der Waals surface area contributed by atoms with Crippen molar-refractivity contribution in [2.24, 2.45) is 0 Å². The molecule has 4 aromatic rings. The smallest absolute Gasteiger partial charge is 0.272 e. The van der Waals surface area contributed by atoms with Gasteiger partial charge in [-0.25, -0.2) is 13.4 Å². The molecule has 0 radical (unpaired) electrons. The van der Waals surface area contributed by atoms with E-state index in [1.54, 1.807) is 35.9 Å². The monoisotopic (exact) mass is 551 g/mol. The van der Waals surface area contributed by atoms with E-state index in [1.165, 1.54) is 12.4 Å². The van der Waals surface area contributed by atoms with Crippen LogP contribution in [0.15, 0.2) is 53.7 Å². The predicted molar refractivity (Wildman–Crippen MR) is 146 cm³/mol. The number of pyridine rings is 2. The molecule has 9 nitrogen and oxygen atoms in total. The number of halogens is 1. The zero-order chi connectivity index (χ0) is 27.2. The van der Waals surface area contributed by atoms with E-state index in [9.17, 15) is 18.0 Å². The van der Waals surface area contributed by atoms with Crippen LogP contribution < -0.4 is 10.9 Å². The number of hydrogen-bond donors (Lipinski definition) is 1. The van der Waals surface area contributed by atoms with Crippen LogP contribution in [-0.2, 0) is 15.6 Å². The summed E-state index contributed by atoms with van der Waals surface area (Å²) in [5.74, 6) is -0.594. The van der Waals surface area contributed by atoms with Crippen molar-refractivity contribution >= 4 is 38.1 Å². The summed E-state index contributed by atoms with van der Waals surface area (Å²) in [6.45, 7) is 3.51. The molecule has 0 saturated heterocycles. The zero-order valence-corrected chi connectivity index (χ0v) is 22.7. The molecule has 1 saturated carbocycles. The van der Waals surface area contributed by atoms with Gasteiger partial charge in [-0.05, 0) is 55.8 Å². The average Bonchev–Trinajstić information content (AvgIpc) is 3.68. The third-order valence-corrected chi connectivity index (χ3v) is 7.63.